The first-order valence-electron chi connectivity index (χ1n) is 24.6. The highest BCUT2D eigenvalue weighted by Gasteiger charge is 2.57. The molecule has 0 saturated carbocycles. The summed E-state index contributed by atoms with van der Waals surface area (Å²) in [6.45, 7) is -1.14. The van der Waals surface area contributed by atoms with Crippen molar-refractivity contribution >= 4 is 16.7 Å². The van der Waals surface area contributed by atoms with E-state index in [2.05, 4.69) is 0 Å². The van der Waals surface area contributed by atoms with E-state index in [4.69, 9.17) is 71.1 Å². The second kappa shape index (κ2) is 21.1. The molecule has 13 N–H and O–H groups in total. The Balaban J connectivity index is 1.06. The van der Waals surface area contributed by atoms with Gasteiger partial charge in [-0.05, 0) is 32.0 Å². The molecule has 29 nitrogen and oxygen atoms in total. The number of carbonyl (C=O) groups excluding carboxylic acids is 1. The molecule has 0 aromatic heterocycles. The predicted octanol–water partition coefficient (Wildman–Crippen LogP) is -5.20. The number of hydrogen-bond donors (Lipinski definition) is 13. The monoisotopic (exact) mass is 1100 g/mol. The third kappa shape index (κ3) is 9.47. The molecule has 0 unspecified atom stereocenters. The summed E-state index contributed by atoms with van der Waals surface area (Å²) in [5.74, 6) is -0.635. The SMILES string of the molecule is C[C@@H]1O[C@@H](O[C@H]2[C@H](O)[C@@H](CO[C@@H]3OC[C@@H](O)[C@H](O)[C@H]3O)O[C@@H](Oc3c4c(c(-c5cc6c(cc5O[C@@H]5O[C@H](C)[C@@H](O)[C@H](O)[C@H]5O)OCO6)c5c6c(ccc35)OCO6)C(=O)OC4)[C@@H]2O[C@@H]2OC[C@](O)(CO)[C@H]2O)[C@H](O)[C@H](O)[C@H]1O. The summed E-state index contributed by atoms with van der Waals surface area (Å²) in [5.41, 5.74) is -2.30. The van der Waals surface area contributed by atoms with Gasteiger partial charge in [0.15, 0.2) is 48.0 Å². The number of rotatable bonds is 13. The summed E-state index contributed by atoms with van der Waals surface area (Å²) in [4.78, 5) is 14.4. The molecule has 8 heterocycles. The van der Waals surface area contributed by atoms with E-state index in [0.29, 0.717) is 0 Å². The summed E-state index contributed by atoms with van der Waals surface area (Å²) < 4.78 is 89.6. The molecule has 3 aromatic rings. The molecule has 0 spiro atoms. The number of aliphatic hydroxyl groups is 13. The highest BCUT2D eigenvalue weighted by Crippen LogP contribution is 2.55. The normalized spacial score (nSPS) is 41.4. The van der Waals surface area contributed by atoms with Crippen molar-refractivity contribution in [2.45, 2.75) is 155 Å². The van der Waals surface area contributed by atoms with E-state index in [-0.39, 0.29) is 81.1 Å². The summed E-state index contributed by atoms with van der Waals surface area (Å²) in [6, 6.07) is 5.93. The standard InChI is InChI=1S/C48H58O29/c1-14-28(51)32(55)35(58)44(71-14)73-21-6-23-22(68-12-69-23)5-17(21)25-26-16(3-4-20-38(26)70-13-67-20)37(18-7-63-42(61)27(18)25)75-46-40(77-47-41(60)48(62,10-49)11-66-47)39(76-45-36(59)33(56)29(52)15(2)72-45)31(54)24(74-46)9-65-43-34(57)30(53)19(50)8-64-43/h3-6,14-15,19,24,28-36,39-41,43-47,49-60,62H,7-13H2,1-2H3/t14-,15+,19-,24-,28-,29+,30+,31-,32+,33-,34-,35-,36-,39+,40-,41+,43+,44+,45+,46+,47+,48-/m1/s1. The van der Waals surface area contributed by atoms with Crippen LogP contribution in [0, 0.1) is 0 Å². The van der Waals surface area contributed by atoms with Crippen molar-refractivity contribution in [3.63, 3.8) is 0 Å². The second-order valence-electron chi connectivity index (χ2n) is 19.9. The Morgan fingerprint density at radius 3 is 1.99 bits per heavy atom. The van der Waals surface area contributed by atoms with Gasteiger partial charge in [0.1, 0.15) is 103 Å². The Bertz CT molecular complexity index is 2680. The molecular formula is C48H58O29. The molecule has 424 valence electrons. The molecule has 5 saturated heterocycles. The molecule has 5 fully saturated rings. The van der Waals surface area contributed by atoms with Crippen molar-refractivity contribution in [1.29, 1.82) is 0 Å². The van der Waals surface area contributed by atoms with E-state index in [9.17, 15) is 71.2 Å². The molecule has 0 amide bonds. The van der Waals surface area contributed by atoms with Crippen LogP contribution in [0.15, 0.2) is 24.3 Å². The van der Waals surface area contributed by atoms with Crippen LogP contribution >= 0.6 is 0 Å². The highest BCUT2D eigenvalue weighted by atomic mass is 16.8. The number of benzene rings is 3. The smallest absolute Gasteiger partial charge is 0.339 e. The maximum atomic E-state index is 14.4. The molecule has 77 heavy (non-hydrogen) atoms. The Morgan fingerprint density at radius 2 is 1.27 bits per heavy atom. The van der Waals surface area contributed by atoms with Gasteiger partial charge >= 0.3 is 5.97 Å². The third-order valence-corrected chi connectivity index (χ3v) is 14.9. The van der Waals surface area contributed by atoms with Gasteiger partial charge < -0.3 is 137 Å². The van der Waals surface area contributed by atoms with E-state index in [1.807, 2.05) is 0 Å². The van der Waals surface area contributed by atoms with Gasteiger partial charge in [0.05, 0.1) is 44.2 Å². The minimum absolute atomic E-state index is 0.0230. The number of cyclic esters (lactones) is 1. The van der Waals surface area contributed by atoms with Crippen molar-refractivity contribution in [3.8, 4) is 45.6 Å². The van der Waals surface area contributed by atoms with Gasteiger partial charge in [-0.25, -0.2) is 4.79 Å². The molecule has 0 aliphatic carbocycles. The van der Waals surface area contributed by atoms with Gasteiger partial charge in [-0.1, -0.05) is 0 Å². The number of hydrogen-bond acceptors (Lipinski definition) is 29. The molecule has 11 rings (SSSR count). The first-order valence-corrected chi connectivity index (χ1v) is 24.6. The van der Waals surface area contributed by atoms with Crippen LogP contribution in [0.2, 0.25) is 0 Å². The fourth-order valence-electron chi connectivity index (χ4n) is 10.4. The average molecular weight is 1100 g/mol. The van der Waals surface area contributed by atoms with Crippen molar-refractivity contribution in [3.05, 3.63) is 35.4 Å². The molecule has 0 radical (unpaired) electrons. The zero-order chi connectivity index (χ0) is 54.5. The lowest BCUT2D eigenvalue weighted by Crippen LogP contribution is -2.66. The minimum atomic E-state index is -2.29. The lowest BCUT2D eigenvalue weighted by molar-refractivity contribution is -0.370. The molecule has 8 aliphatic heterocycles. The summed E-state index contributed by atoms with van der Waals surface area (Å²) in [7, 11) is 0. The summed E-state index contributed by atoms with van der Waals surface area (Å²) >= 11 is 0. The van der Waals surface area contributed by atoms with Gasteiger partial charge in [-0.15, -0.1) is 0 Å². The van der Waals surface area contributed by atoms with Crippen LogP contribution in [-0.4, -0.2) is 247 Å². The molecule has 8 aliphatic rings. The lowest BCUT2D eigenvalue weighted by atomic mass is 9.88. The summed E-state index contributed by atoms with van der Waals surface area (Å²) in [5, 5.41) is 141. The fraction of sp³-hybridized carbons (Fsp3) is 0.646. The number of esters is 1. The Morgan fingerprint density at radius 1 is 0.623 bits per heavy atom. The molecular weight excluding hydrogens is 1040 g/mol. The van der Waals surface area contributed by atoms with E-state index in [1.54, 1.807) is 0 Å². The fourth-order valence-corrected chi connectivity index (χ4v) is 10.4. The van der Waals surface area contributed by atoms with Crippen molar-refractivity contribution in [1.82, 2.24) is 0 Å². The van der Waals surface area contributed by atoms with Crippen LogP contribution in [0.4, 0.5) is 0 Å². The van der Waals surface area contributed by atoms with Gasteiger partial charge in [-0.3, -0.25) is 0 Å². The van der Waals surface area contributed by atoms with Crippen LogP contribution in [-0.2, 0) is 49.2 Å². The van der Waals surface area contributed by atoms with E-state index >= 15 is 0 Å². The molecule has 0 bridgehead atoms. The zero-order valence-corrected chi connectivity index (χ0v) is 40.7. The summed E-state index contributed by atoms with van der Waals surface area (Å²) in [6.07, 6.45) is -36.2. The average Bonchev–Trinajstić information content (AvgIpc) is 4.24. The molecule has 29 heteroatoms. The largest absolute Gasteiger partial charge is 0.461 e. The second-order valence-corrected chi connectivity index (χ2v) is 19.9. The first-order chi connectivity index (χ1) is 36.8. The lowest BCUT2D eigenvalue weighted by Gasteiger charge is -2.48. The van der Waals surface area contributed by atoms with Gasteiger partial charge in [0, 0.05) is 33.5 Å². The molecule has 3 aromatic carbocycles. The van der Waals surface area contributed by atoms with E-state index < -0.39 is 174 Å². The van der Waals surface area contributed by atoms with Gasteiger partial charge in [-0.2, -0.15) is 0 Å². The van der Waals surface area contributed by atoms with Crippen molar-refractivity contribution in [2.24, 2.45) is 0 Å². The maximum Gasteiger partial charge on any atom is 0.339 e. The number of carbonyl (C=O) groups is 1. The maximum absolute atomic E-state index is 14.4. The van der Waals surface area contributed by atoms with Crippen LogP contribution in [0.5, 0.6) is 34.5 Å². The highest BCUT2D eigenvalue weighted by molar-refractivity contribution is 6.16. The zero-order valence-electron chi connectivity index (χ0n) is 40.7. The van der Waals surface area contributed by atoms with E-state index in [1.165, 1.54) is 38.1 Å². The van der Waals surface area contributed by atoms with Crippen LogP contribution < -0.4 is 28.4 Å². The Hall–Kier alpha value is -4.65. The number of aliphatic hydroxyl groups excluding tert-OH is 12. The topological polar surface area (TPSA) is 419 Å². The van der Waals surface area contributed by atoms with E-state index in [0.717, 1.165) is 0 Å². The first kappa shape index (κ1) is 54.3. The number of ether oxygens (including phenoxy) is 15. The van der Waals surface area contributed by atoms with Crippen LogP contribution in [0.25, 0.3) is 21.9 Å². The van der Waals surface area contributed by atoms with Gasteiger partial charge in [0.2, 0.25) is 26.2 Å². The Labute approximate surface area is 434 Å². The van der Waals surface area contributed by atoms with Crippen LogP contribution in [0.3, 0.4) is 0 Å². The van der Waals surface area contributed by atoms with Crippen molar-refractivity contribution in [2.75, 3.05) is 40.0 Å². The quantitative estimate of drug-likeness (QED) is 0.0712. The third-order valence-electron chi connectivity index (χ3n) is 14.9. The Kier molecular flexibility index (Phi) is 14.9. The number of fused-ring (bicyclic) bond motifs is 5. The minimum Gasteiger partial charge on any atom is -0.461 e. The van der Waals surface area contributed by atoms with Gasteiger partial charge in [0.25, 0.3) is 0 Å². The van der Waals surface area contributed by atoms with Crippen LogP contribution in [0.1, 0.15) is 29.8 Å². The van der Waals surface area contributed by atoms with Crippen molar-refractivity contribution < 1.29 is 142 Å². The predicted molar refractivity (Wildman–Crippen MR) is 243 cm³/mol. The molecule has 22 atom stereocenters.